The van der Waals surface area contributed by atoms with E-state index in [1.165, 1.54) is 40.9 Å². The molecule has 0 aliphatic rings. The molecule has 0 saturated carbocycles. The third-order valence-electron chi connectivity index (χ3n) is 1.99. The maximum Gasteiger partial charge on any atom is 0.151 e. The van der Waals surface area contributed by atoms with Crippen molar-refractivity contribution >= 4 is 23.0 Å². The van der Waals surface area contributed by atoms with Crippen LogP contribution in [-0.4, -0.2) is 17.5 Å². The molecule has 0 amide bonds. The molecule has 1 rings (SSSR count). The Balaban J connectivity index is 2.16. The zero-order chi connectivity index (χ0) is 8.65. The third-order valence-corrected chi connectivity index (χ3v) is 2.69. The third kappa shape index (κ3) is 3.77. The van der Waals surface area contributed by atoms with Gasteiger partial charge in [-0.05, 0) is 0 Å². The van der Waals surface area contributed by atoms with E-state index in [9.17, 15) is 0 Å². The second kappa shape index (κ2) is 6.07. The molecule has 0 fully saturated rings. The fourth-order valence-electron chi connectivity index (χ4n) is 1.25. The summed E-state index contributed by atoms with van der Waals surface area (Å²) in [6.45, 7) is 0. The molecule has 1 radical (unpaired) electrons. The zero-order valence-electron chi connectivity index (χ0n) is 7.79. The Kier molecular flexibility index (Phi) is 4.85. The fourth-order valence-corrected chi connectivity index (χ4v) is 1.75. The summed E-state index contributed by atoms with van der Waals surface area (Å²) in [7, 11) is 3.69. The van der Waals surface area contributed by atoms with Crippen molar-refractivity contribution in [1.29, 1.82) is 0 Å². The molecule has 0 aliphatic carbocycles. The van der Waals surface area contributed by atoms with Crippen molar-refractivity contribution in [3.8, 4) is 0 Å². The molecule has 12 heavy (non-hydrogen) atoms. The van der Waals surface area contributed by atoms with Gasteiger partial charge in [-0.15, -0.1) is 0 Å². The maximum atomic E-state index is 2.33. The molecule has 0 spiro atoms. The lowest BCUT2D eigenvalue weighted by molar-refractivity contribution is 0.879. The average molecular weight is 175 g/mol. The number of hydrogen-bond donors (Lipinski definition) is 0. The van der Waals surface area contributed by atoms with Crippen LogP contribution in [0.2, 0.25) is 12.4 Å². The number of rotatable bonds is 5. The van der Waals surface area contributed by atoms with Crippen LogP contribution in [0, 0.1) is 0 Å². The largest absolute Gasteiger partial charge is 0.151 e. The smallest absolute Gasteiger partial charge is 0.0878 e. The number of unbranched alkanes of at least 4 members (excludes halogenated alkanes) is 1. The van der Waals surface area contributed by atoms with Crippen molar-refractivity contribution in [3.05, 3.63) is 30.3 Å². The predicted octanol–water partition coefficient (Wildman–Crippen LogP) is 0.998. The summed E-state index contributed by atoms with van der Waals surface area (Å²) in [5.74, 6) is 0. The first-order valence-corrected chi connectivity index (χ1v) is 6.23. The zero-order valence-corrected chi connectivity index (χ0v) is 9.79. The van der Waals surface area contributed by atoms with E-state index in [2.05, 4.69) is 37.6 Å². The number of hydrogen-bond acceptors (Lipinski definition) is 0. The van der Waals surface area contributed by atoms with Gasteiger partial charge in [0.05, 0.1) is 0 Å². The van der Waals surface area contributed by atoms with Crippen LogP contribution in [-0.2, 0) is 0 Å². The van der Waals surface area contributed by atoms with Gasteiger partial charge in [0.25, 0.3) is 0 Å². The molecule has 0 saturated heterocycles. The lowest BCUT2D eigenvalue weighted by Gasteiger charge is -1.97. The second-order valence-corrected chi connectivity index (χ2v) is 4.11. The molecule has 0 bridgehead atoms. The maximum absolute atomic E-state index is 2.33. The van der Waals surface area contributed by atoms with Crippen molar-refractivity contribution in [3.63, 3.8) is 0 Å². The summed E-state index contributed by atoms with van der Waals surface area (Å²) in [6, 6.07) is 12.0. The first kappa shape index (κ1) is 9.59. The summed E-state index contributed by atoms with van der Waals surface area (Å²) >= 11 is 0. The van der Waals surface area contributed by atoms with Crippen molar-refractivity contribution < 1.29 is 0 Å². The molecule has 0 nitrogen and oxygen atoms in total. The first-order valence-electron chi connectivity index (χ1n) is 4.81. The molecule has 2 heteroatoms. The van der Waals surface area contributed by atoms with Crippen molar-refractivity contribution in [1.82, 2.24) is 0 Å². The second-order valence-electron chi connectivity index (χ2n) is 3.11. The van der Waals surface area contributed by atoms with Crippen LogP contribution in [0.5, 0.6) is 0 Å². The Morgan fingerprint density at radius 1 is 1.08 bits per heavy atom. The molecule has 1 aromatic carbocycles. The topological polar surface area (TPSA) is 0 Å². The van der Waals surface area contributed by atoms with E-state index in [0.717, 1.165) is 0 Å². The highest BCUT2D eigenvalue weighted by Crippen LogP contribution is 1.97. The van der Waals surface area contributed by atoms with Crippen LogP contribution < -0.4 is 5.46 Å². The fraction of sp³-hybridized carbons (Fsp3) is 0.400. The predicted molar refractivity (Wildman–Crippen MR) is 60.6 cm³/mol. The summed E-state index contributed by atoms with van der Waals surface area (Å²) < 4.78 is 0. The quantitative estimate of drug-likeness (QED) is 0.462. The van der Waals surface area contributed by atoms with Crippen molar-refractivity contribution in [2.24, 2.45) is 0 Å². The Labute approximate surface area is 79.0 Å². The van der Waals surface area contributed by atoms with Gasteiger partial charge in [-0.25, -0.2) is 0 Å². The molecule has 63 valence electrons. The molecule has 1 aromatic rings. The Morgan fingerprint density at radius 2 is 1.83 bits per heavy atom. The van der Waals surface area contributed by atoms with Gasteiger partial charge < -0.3 is 0 Å². The van der Waals surface area contributed by atoms with Crippen LogP contribution in [0.15, 0.2) is 30.3 Å². The summed E-state index contributed by atoms with van der Waals surface area (Å²) in [5.41, 5.74) is 1.37. The summed E-state index contributed by atoms with van der Waals surface area (Å²) in [6.07, 6.45) is 4.01. The van der Waals surface area contributed by atoms with Gasteiger partial charge in [-0.2, -0.15) is 0 Å². The average Bonchev–Trinajstić information content (AvgIpc) is 2.14. The van der Waals surface area contributed by atoms with E-state index in [1.54, 1.807) is 0 Å². The van der Waals surface area contributed by atoms with Crippen LogP contribution in [0.1, 0.15) is 12.8 Å². The molecule has 0 aliphatic heterocycles. The van der Waals surface area contributed by atoms with E-state index in [1.807, 2.05) is 0 Å². The van der Waals surface area contributed by atoms with Gasteiger partial charge in [0.2, 0.25) is 0 Å². The van der Waals surface area contributed by atoms with E-state index in [0.29, 0.717) is 0 Å². The van der Waals surface area contributed by atoms with Gasteiger partial charge in [-0.1, -0.05) is 61.0 Å². The molecule has 0 heterocycles. The van der Waals surface area contributed by atoms with Crippen LogP contribution in [0.4, 0.5) is 0 Å². The Morgan fingerprint density at radius 3 is 2.50 bits per heavy atom. The lowest BCUT2D eigenvalue weighted by Crippen LogP contribution is -2.12. The molecule has 0 unspecified atom stereocenters. The monoisotopic (exact) mass is 175 g/mol. The van der Waals surface area contributed by atoms with Crippen LogP contribution >= 0.6 is 0 Å². The standard InChI is InChI=1S/C10H16BSi/c12-9-5-4-8-11-10-6-2-1-3-7-10/h1-3,6-7H,4-5,8-9H2,12H3. The van der Waals surface area contributed by atoms with Crippen LogP contribution in [0.25, 0.3) is 0 Å². The SMILES string of the molecule is [SiH3]CCCC[B]c1ccccc1. The van der Waals surface area contributed by atoms with Gasteiger partial charge in [0, 0.05) is 10.2 Å². The van der Waals surface area contributed by atoms with E-state index in [-0.39, 0.29) is 0 Å². The highest BCUT2D eigenvalue weighted by molar-refractivity contribution is 6.53. The highest BCUT2D eigenvalue weighted by atomic mass is 28.1. The lowest BCUT2D eigenvalue weighted by atomic mass is 9.66. The molecule has 0 atom stereocenters. The van der Waals surface area contributed by atoms with Gasteiger partial charge in [0.15, 0.2) is 7.28 Å². The van der Waals surface area contributed by atoms with Crippen molar-refractivity contribution in [2.45, 2.75) is 25.2 Å². The highest BCUT2D eigenvalue weighted by Gasteiger charge is 1.92. The minimum Gasteiger partial charge on any atom is -0.0878 e. The number of benzene rings is 1. The van der Waals surface area contributed by atoms with Gasteiger partial charge >= 0.3 is 0 Å². The summed E-state index contributed by atoms with van der Waals surface area (Å²) in [4.78, 5) is 0. The molecular formula is C10H16BSi. The van der Waals surface area contributed by atoms with Gasteiger partial charge in [-0.3, -0.25) is 0 Å². The van der Waals surface area contributed by atoms with Gasteiger partial charge in [0.1, 0.15) is 0 Å². The minimum atomic E-state index is 1.24. The molecular weight excluding hydrogens is 159 g/mol. The molecule has 0 aromatic heterocycles. The minimum absolute atomic E-state index is 1.24. The van der Waals surface area contributed by atoms with E-state index < -0.39 is 0 Å². The summed E-state index contributed by atoms with van der Waals surface area (Å²) in [5, 5.41) is 0. The Hall–Kier alpha value is -0.498. The van der Waals surface area contributed by atoms with Crippen LogP contribution in [0.3, 0.4) is 0 Å². The van der Waals surface area contributed by atoms with E-state index in [4.69, 9.17) is 0 Å². The normalized spacial score (nSPS) is 10.0. The molecule has 0 N–H and O–H groups in total. The first-order chi connectivity index (χ1) is 5.93. The Bertz CT molecular complexity index is 198. The van der Waals surface area contributed by atoms with E-state index >= 15 is 0 Å². The van der Waals surface area contributed by atoms with Crippen molar-refractivity contribution in [2.75, 3.05) is 0 Å².